The Morgan fingerprint density at radius 3 is 2.50 bits per heavy atom. The van der Waals surface area contributed by atoms with Gasteiger partial charge in [-0.3, -0.25) is 19.3 Å². The summed E-state index contributed by atoms with van der Waals surface area (Å²) in [7, 11) is 0. The predicted octanol–water partition coefficient (Wildman–Crippen LogP) is 3.55. The summed E-state index contributed by atoms with van der Waals surface area (Å²) in [6.07, 6.45) is 10.3. The Kier molecular flexibility index (Phi) is 5.75. The Bertz CT molecular complexity index is 1070. The highest BCUT2D eigenvalue weighted by Gasteiger charge is 2.31. The molecule has 5 rings (SSSR count). The van der Waals surface area contributed by atoms with Crippen LogP contribution >= 0.6 is 0 Å². The van der Waals surface area contributed by atoms with Crippen LogP contribution in [0.3, 0.4) is 0 Å². The van der Waals surface area contributed by atoms with Crippen molar-refractivity contribution < 1.29 is 4.79 Å². The van der Waals surface area contributed by atoms with Crippen LogP contribution in [0.5, 0.6) is 0 Å². The van der Waals surface area contributed by atoms with Crippen molar-refractivity contribution in [3.8, 4) is 6.07 Å². The number of nitrogens with one attached hydrogen (secondary N) is 1. The topological polar surface area (TPSA) is 77.2 Å². The summed E-state index contributed by atoms with van der Waals surface area (Å²) < 4.78 is 2.16. The van der Waals surface area contributed by atoms with E-state index in [0.717, 1.165) is 61.2 Å². The zero-order chi connectivity index (χ0) is 22.2. The van der Waals surface area contributed by atoms with Gasteiger partial charge in [0, 0.05) is 50.0 Å². The molecule has 0 radical (unpaired) electrons. The van der Waals surface area contributed by atoms with E-state index in [-0.39, 0.29) is 11.8 Å². The molecule has 0 spiro atoms. The molecule has 1 unspecified atom stereocenters. The van der Waals surface area contributed by atoms with E-state index in [1.807, 2.05) is 0 Å². The number of nitrogens with zero attached hydrogens (tertiary/aromatic N) is 5. The quantitative estimate of drug-likeness (QED) is 0.800. The van der Waals surface area contributed by atoms with Crippen molar-refractivity contribution in [1.29, 1.82) is 5.26 Å². The summed E-state index contributed by atoms with van der Waals surface area (Å²) in [6, 6.07) is 7.41. The van der Waals surface area contributed by atoms with Crippen LogP contribution in [0.25, 0.3) is 10.9 Å². The number of carbonyl (C=O) groups is 1. The highest BCUT2D eigenvalue weighted by molar-refractivity contribution is 6.04. The van der Waals surface area contributed by atoms with Crippen molar-refractivity contribution in [2.75, 3.05) is 31.1 Å². The molecule has 2 fully saturated rings. The fraction of sp³-hybridized carbons (Fsp3) is 0.560. The summed E-state index contributed by atoms with van der Waals surface area (Å²) in [6.45, 7) is 8.80. The van der Waals surface area contributed by atoms with E-state index >= 15 is 0 Å². The minimum absolute atomic E-state index is 0.174. The van der Waals surface area contributed by atoms with E-state index in [9.17, 15) is 10.1 Å². The Labute approximate surface area is 189 Å². The second-order valence-electron chi connectivity index (χ2n) is 9.64. The zero-order valence-corrected chi connectivity index (χ0v) is 19.0. The first kappa shape index (κ1) is 21.2. The maximum absolute atomic E-state index is 12.7. The SMILES string of the molecule is CC(C)c1cc2nn(C3CCC(N4CCNCC4)CC3)cc2cc1N1C=CC(C#N)C1=O. The minimum Gasteiger partial charge on any atom is -0.314 e. The van der Waals surface area contributed by atoms with E-state index in [4.69, 9.17) is 5.10 Å². The first-order valence-corrected chi connectivity index (χ1v) is 11.9. The van der Waals surface area contributed by atoms with Crippen LogP contribution < -0.4 is 10.2 Å². The van der Waals surface area contributed by atoms with E-state index in [1.54, 1.807) is 17.2 Å². The fourth-order valence-corrected chi connectivity index (χ4v) is 5.46. The highest BCUT2D eigenvalue weighted by atomic mass is 16.2. The third-order valence-electron chi connectivity index (χ3n) is 7.33. The lowest BCUT2D eigenvalue weighted by atomic mass is 9.90. The van der Waals surface area contributed by atoms with Crippen molar-refractivity contribution in [2.24, 2.45) is 5.92 Å². The van der Waals surface area contributed by atoms with Gasteiger partial charge in [-0.25, -0.2) is 0 Å². The lowest BCUT2D eigenvalue weighted by molar-refractivity contribution is -0.118. The van der Waals surface area contributed by atoms with Gasteiger partial charge in [0.25, 0.3) is 5.91 Å². The normalized spacial score (nSPS) is 26.9. The monoisotopic (exact) mass is 432 g/mol. The van der Waals surface area contributed by atoms with Crippen LogP contribution in [0, 0.1) is 17.2 Å². The van der Waals surface area contributed by atoms with Gasteiger partial charge in [-0.1, -0.05) is 13.8 Å². The summed E-state index contributed by atoms with van der Waals surface area (Å²) in [5, 5.41) is 18.7. The summed E-state index contributed by atoms with van der Waals surface area (Å²) in [5.41, 5.74) is 2.93. The van der Waals surface area contributed by atoms with Crippen LogP contribution in [-0.4, -0.2) is 52.8 Å². The van der Waals surface area contributed by atoms with E-state index in [1.165, 1.54) is 12.8 Å². The highest BCUT2D eigenvalue weighted by Crippen LogP contribution is 2.36. The van der Waals surface area contributed by atoms with Gasteiger partial charge in [-0.15, -0.1) is 0 Å². The predicted molar refractivity (Wildman–Crippen MR) is 125 cm³/mol. The van der Waals surface area contributed by atoms with Crippen LogP contribution in [-0.2, 0) is 4.79 Å². The standard InChI is InChI=1S/C25H32N6O/c1-17(2)22-14-23-19(13-24(22)30-10-7-18(15-26)25(30)32)16-31(28-23)21-5-3-20(4-6-21)29-11-8-27-9-12-29/h7,10,13-14,16-18,20-21,27H,3-6,8-9,11-12H2,1-2H3. The lowest BCUT2D eigenvalue weighted by Crippen LogP contribution is -2.49. The summed E-state index contributed by atoms with van der Waals surface area (Å²) in [5.74, 6) is -0.622. The summed E-state index contributed by atoms with van der Waals surface area (Å²) in [4.78, 5) is 17.0. The molecule has 1 N–H and O–H groups in total. The molecule has 2 aromatic rings. The number of carbonyl (C=O) groups excluding carboxylic acids is 1. The van der Waals surface area contributed by atoms with Crippen molar-refractivity contribution in [1.82, 2.24) is 20.0 Å². The van der Waals surface area contributed by atoms with Crippen molar-refractivity contribution >= 4 is 22.5 Å². The van der Waals surface area contributed by atoms with E-state index < -0.39 is 5.92 Å². The Hall–Kier alpha value is -2.69. The molecule has 1 aromatic heterocycles. The van der Waals surface area contributed by atoms with Gasteiger partial charge in [-0.05, 0) is 55.4 Å². The van der Waals surface area contributed by atoms with Gasteiger partial charge < -0.3 is 5.32 Å². The molecule has 1 saturated heterocycles. The third kappa shape index (κ3) is 3.82. The molecule has 1 aromatic carbocycles. The third-order valence-corrected chi connectivity index (χ3v) is 7.33. The van der Waals surface area contributed by atoms with Crippen LogP contribution in [0.1, 0.15) is 57.1 Å². The number of fused-ring (bicyclic) bond motifs is 1. The van der Waals surface area contributed by atoms with Crippen molar-refractivity contribution in [3.63, 3.8) is 0 Å². The largest absolute Gasteiger partial charge is 0.314 e. The second kappa shape index (κ2) is 8.68. The van der Waals surface area contributed by atoms with Gasteiger partial charge in [0.05, 0.1) is 23.3 Å². The molecule has 7 heteroatoms. The molecule has 7 nitrogen and oxygen atoms in total. The number of aromatic nitrogens is 2. The van der Waals surface area contributed by atoms with Crippen molar-refractivity contribution in [3.05, 3.63) is 36.2 Å². The fourth-order valence-electron chi connectivity index (χ4n) is 5.46. The number of benzene rings is 1. The first-order chi connectivity index (χ1) is 15.5. The molecule has 3 aliphatic rings. The number of anilines is 1. The molecule has 1 atom stereocenters. The van der Waals surface area contributed by atoms with Crippen LogP contribution in [0.2, 0.25) is 0 Å². The molecule has 1 aliphatic carbocycles. The molecular weight excluding hydrogens is 400 g/mol. The molecule has 3 heterocycles. The van der Waals surface area contributed by atoms with Crippen molar-refractivity contribution in [2.45, 2.75) is 57.5 Å². The number of hydrogen-bond acceptors (Lipinski definition) is 5. The van der Waals surface area contributed by atoms with Gasteiger partial charge in [0.2, 0.25) is 0 Å². The van der Waals surface area contributed by atoms with Gasteiger partial charge in [0.1, 0.15) is 5.92 Å². The van der Waals surface area contributed by atoms with E-state index in [2.05, 4.69) is 53.1 Å². The molecule has 1 amide bonds. The zero-order valence-electron chi connectivity index (χ0n) is 19.0. The Balaban J connectivity index is 1.38. The Morgan fingerprint density at radius 1 is 1.12 bits per heavy atom. The van der Waals surface area contributed by atoms with Crippen LogP contribution in [0.15, 0.2) is 30.6 Å². The second-order valence-corrected chi connectivity index (χ2v) is 9.64. The number of piperazine rings is 1. The number of rotatable bonds is 4. The van der Waals surface area contributed by atoms with Gasteiger partial charge >= 0.3 is 0 Å². The number of nitriles is 1. The maximum atomic E-state index is 12.7. The molecular formula is C25H32N6O. The van der Waals surface area contributed by atoms with Crippen LogP contribution in [0.4, 0.5) is 5.69 Å². The maximum Gasteiger partial charge on any atom is 0.252 e. The average molecular weight is 433 g/mol. The molecule has 0 bridgehead atoms. The lowest BCUT2D eigenvalue weighted by Gasteiger charge is -2.39. The molecule has 168 valence electrons. The van der Waals surface area contributed by atoms with Gasteiger partial charge in [0.15, 0.2) is 0 Å². The number of amides is 1. The Morgan fingerprint density at radius 2 is 1.84 bits per heavy atom. The molecule has 32 heavy (non-hydrogen) atoms. The van der Waals surface area contributed by atoms with Gasteiger partial charge in [-0.2, -0.15) is 10.4 Å². The molecule has 1 saturated carbocycles. The smallest absolute Gasteiger partial charge is 0.252 e. The minimum atomic E-state index is -0.695. The summed E-state index contributed by atoms with van der Waals surface area (Å²) >= 11 is 0. The number of hydrogen-bond donors (Lipinski definition) is 1. The average Bonchev–Trinajstić information content (AvgIpc) is 3.41. The first-order valence-electron chi connectivity index (χ1n) is 11.9. The van der Waals surface area contributed by atoms with E-state index in [0.29, 0.717) is 12.1 Å². The molecule has 2 aliphatic heterocycles.